The minimum Gasteiger partial charge on any atom is -0.547 e. The summed E-state index contributed by atoms with van der Waals surface area (Å²) < 4.78 is 0. The summed E-state index contributed by atoms with van der Waals surface area (Å²) in [6, 6.07) is 0. The van der Waals surface area contributed by atoms with Gasteiger partial charge in [0.15, 0.2) is 12.2 Å². The molecule has 0 aliphatic carbocycles. The van der Waals surface area contributed by atoms with Gasteiger partial charge in [-0.15, -0.1) is 0 Å². The fraction of sp³-hybridized carbons (Fsp3) is 0.500. The van der Waals surface area contributed by atoms with Crippen LogP contribution in [0.1, 0.15) is 0 Å². The summed E-state index contributed by atoms with van der Waals surface area (Å²) in [5.74, 6) is -4.14. The van der Waals surface area contributed by atoms with Gasteiger partial charge < -0.3 is 19.8 Å². The van der Waals surface area contributed by atoms with E-state index >= 15 is 0 Å². The third-order valence-corrected chi connectivity index (χ3v) is 0.967. The number of hydrogen-bond donors (Lipinski definition) is 2. The van der Waals surface area contributed by atoms with Crippen LogP contribution in [0.5, 0.6) is 0 Å². The van der Waals surface area contributed by atoms with Gasteiger partial charge >= 0.3 is 59.1 Å². The smallest absolute Gasteiger partial charge is 0.547 e. The molecule has 14 heavy (non-hydrogen) atoms. The van der Waals surface area contributed by atoms with E-state index in [-0.39, 0.29) is 59.1 Å². The molecule has 10 heteroatoms. The molecule has 0 heterocycles. The van der Waals surface area contributed by atoms with Gasteiger partial charge in [-0.3, -0.25) is 10.5 Å². The molecule has 0 spiro atoms. The summed E-state index contributed by atoms with van der Waals surface area (Å²) in [5, 5.41) is 35.6. The molecule has 0 aromatic carbocycles. The summed E-state index contributed by atoms with van der Waals surface area (Å²) >= 11 is 0. The Morgan fingerprint density at radius 3 is 1.21 bits per heavy atom. The maximum Gasteiger partial charge on any atom is 1.00 e. The molecule has 2 N–H and O–H groups in total. The molecule has 0 saturated heterocycles. The van der Waals surface area contributed by atoms with E-state index in [1.54, 1.807) is 0 Å². The van der Waals surface area contributed by atoms with Crippen molar-refractivity contribution in [3.05, 3.63) is 0 Å². The zero-order chi connectivity index (χ0) is 9.72. The molecule has 70 valence electrons. The van der Waals surface area contributed by atoms with Crippen LogP contribution in [0.15, 0.2) is 0 Å². The molecule has 0 bridgehead atoms. The SMILES string of the molecule is O=C([O-])C(OO)C(OO)C(=O)[O-].[Na+].[Na+]. The molecule has 8 nitrogen and oxygen atoms in total. The molecule has 0 aliphatic heterocycles. The topological polar surface area (TPSA) is 139 Å². The fourth-order valence-corrected chi connectivity index (χ4v) is 0.444. The van der Waals surface area contributed by atoms with E-state index in [9.17, 15) is 19.8 Å². The Kier molecular flexibility index (Phi) is 14.9. The summed E-state index contributed by atoms with van der Waals surface area (Å²) in [6.07, 6.45) is -4.69. The number of carboxylic acids is 2. The molecular weight excluding hydrogens is 222 g/mol. The Labute approximate surface area is 122 Å². The van der Waals surface area contributed by atoms with E-state index in [0.717, 1.165) is 0 Å². The first-order chi connectivity index (χ1) is 5.54. The van der Waals surface area contributed by atoms with Gasteiger partial charge in [0.1, 0.15) is 0 Å². The maximum absolute atomic E-state index is 9.96. The first-order valence-electron chi connectivity index (χ1n) is 2.56. The molecule has 0 aromatic heterocycles. The number of aliphatic carboxylic acids is 2. The summed E-state index contributed by atoms with van der Waals surface area (Å²) in [4.78, 5) is 26.2. The average Bonchev–Trinajstić information content (AvgIpc) is 1.98. The quantitative estimate of drug-likeness (QED) is 0.267. The van der Waals surface area contributed by atoms with Gasteiger partial charge in [-0.1, -0.05) is 0 Å². The van der Waals surface area contributed by atoms with Crippen LogP contribution in [0.2, 0.25) is 0 Å². The molecule has 2 unspecified atom stereocenters. The minimum absolute atomic E-state index is 0. The van der Waals surface area contributed by atoms with E-state index in [1.165, 1.54) is 0 Å². The van der Waals surface area contributed by atoms with E-state index in [4.69, 9.17) is 10.5 Å². The Morgan fingerprint density at radius 2 is 1.14 bits per heavy atom. The Morgan fingerprint density at radius 1 is 0.929 bits per heavy atom. The van der Waals surface area contributed by atoms with Gasteiger partial charge in [0.25, 0.3) is 0 Å². The second kappa shape index (κ2) is 10.3. The van der Waals surface area contributed by atoms with Crippen LogP contribution >= 0.6 is 0 Å². The van der Waals surface area contributed by atoms with Crippen LogP contribution in [0, 0.1) is 0 Å². The zero-order valence-electron chi connectivity index (χ0n) is 7.50. The molecule has 0 aromatic rings. The number of carboxylic acid groups (broad SMARTS) is 2. The molecule has 0 rings (SSSR count). The van der Waals surface area contributed by atoms with Gasteiger partial charge in [0, 0.05) is 0 Å². The Hall–Kier alpha value is 0.780. The Bertz CT molecular complexity index is 164. The first-order valence-corrected chi connectivity index (χ1v) is 2.56. The van der Waals surface area contributed by atoms with E-state index in [0.29, 0.717) is 0 Å². The largest absolute Gasteiger partial charge is 1.00 e. The van der Waals surface area contributed by atoms with Gasteiger partial charge in [-0.25, -0.2) is 9.78 Å². The van der Waals surface area contributed by atoms with Crippen molar-refractivity contribution in [1.29, 1.82) is 0 Å². The van der Waals surface area contributed by atoms with Crippen molar-refractivity contribution in [2.45, 2.75) is 12.2 Å². The number of carbonyl (C=O) groups is 2. The van der Waals surface area contributed by atoms with Crippen LogP contribution in [0.25, 0.3) is 0 Å². The van der Waals surface area contributed by atoms with Crippen LogP contribution in [-0.2, 0) is 19.4 Å². The van der Waals surface area contributed by atoms with Crippen molar-refractivity contribution in [2.75, 3.05) is 0 Å². The molecule has 0 amide bonds. The second-order valence-electron chi connectivity index (χ2n) is 1.69. The van der Waals surface area contributed by atoms with Crippen molar-refractivity contribution < 1.29 is 99.2 Å². The summed E-state index contributed by atoms with van der Waals surface area (Å²) in [6.45, 7) is 0. The fourth-order valence-electron chi connectivity index (χ4n) is 0.444. The van der Waals surface area contributed by atoms with Crippen molar-refractivity contribution in [1.82, 2.24) is 0 Å². The maximum atomic E-state index is 9.96. The van der Waals surface area contributed by atoms with E-state index < -0.39 is 24.1 Å². The van der Waals surface area contributed by atoms with Crippen molar-refractivity contribution in [3.8, 4) is 0 Å². The first kappa shape index (κ1) is 20.2. The molecular formula is C4H4Na2O8. The number of carbonyl (C=O) groups excluding carboxylic acids is 2. The third kappa shape index (κ3) is 6.30. The van der Waals surface area contributed by atoms with Crippen LogP contribution in [-0.4, -0.2) is 34.7 Å². The predicted octanol–water partition coefficient (Wildman–Crippen LogP) is -9.79. The van der Waals surface area contributed by atoms with Crippen molar-refractivity contribution >= 4 is 11.9 Å². The monoisotopic (exact) mass is 226 g/mol. The number of rotatable bonds is 5. The van der Waals surface area contributed by atoms with Crippen LogP contribution in [0.3, 0.4) is 0 Å². The molecule has 0 saturated carbocycles. The molecule has 0 aliphatic rings. The summed E-state index contributed by atoms with van der Waals surface area (Å²) in [5.41, 5.74) is 0. The predicted molar refractivity (Wildman–Crippen MR) is 25.0 cm³/mol. The van der Waals surface area contributed by atoms with E-state index in [1.807, 2.05) is 0 Å². The molecule has 0 radical (unpaired) electrons. The third-order valence-electron chi connectivity index (χ3n) is 0.967. The second-order valence-corrected chi connectivity index (χ2v) is 1.69. The molecule has 2 atom stereocenters. The van der Waals surface area contributed by atoms with Crippen LogP contribution in [0.4, 0.5) is 0 Å². The number of hydrogen-bond acceptors (Lipinski definition) is 8. The average molecular weight is 226 g/mol. The molecule has 0 fully saturated rings. The normalized spacial score (nSPS) is 13.0. The van der Waals surface area contributed by atoms with Gasteiger partial charge in [0.05, 0.1) is 11.9 Å². The van der Waals surface area contributed by atoms with Crippen molar-refractivity contribution in [3.63, 3.8) is 0 Å². The van der Waals surface area contributed by atoms with Gasteiger partial charge in [-0.05, 0) is 0 Å². The van der Waals surface area contributed by atoms with E-state index in [2.05, 4.69) is 9.78 Å². The van der Waals surface area contributed by atoms with Gasteiger partial charge in [0.2, 0.25) is 0 Å². The van der Waals surface area contributed by atoms with Crippen molar-refractivity contribution in [2.24, 2.45) is 0 Å². The standard InChI is InChI=1S/C4H6O8.2Na/c5-3(6)1(11-9)2(12-10)4(7)8;;/h1-2,9-10H,(H,5,6)(H,7,8);;/q;2*+1/p-2. The Balaban J connectivity index is -0.000000605. The minimum atomic E-state index is -2.35. The van der Waals surface area contributed by atoms with Gasteiger partial charge in [-0.2, -0.15) is 0 Å². The zero-order valence-corrected chi connectivity index (χ0v) is 11.5. The summed E-state index contributed by atoms with van der Waals surface area (Å²) in [7, 11) is 0. The van der Waals surface area contributed by atoms with Crippen LogP contribution < -0.4 is 69.3 Å².